The second kappa shape index (κ2) is 13.5. The van der Waals surface area contributed by atoms with Crippen LogP contribution in [0.1, 0.15) is 92.6 Å². The van der Waals surface area contributed by atoms with Gasteiger partial charge in [0.15, 0.2) is 0 Å². The van der Waals surface area contributed by atoms with E-state index in [1.807, 2.05) is 0 Å². The molecule has 35 heavy (non-hydrogen) atoms. The summed E-state index contributed by atoms with van der Waals surface area (Å²) in [6, 6.07) is 12.9. The minimum absolute atomic E-state index is 0.174. The van der Waals surface area contributed by atoms with Crippen LogP contribution >= 0.6 is 0 Å². The highest BCUT2D eigenvalue weighted by atomic mass is 16.5. The quantitative estimate of drug-likeness (QED) is 0.113. The molecule has 0 aliphatic rings. The predicted octanol–water partition coefficient (Wildman–Crippen LogP) is 6.99. The number of esters is 1. The van der Waals surface area contributed by atoms with Gasteiger partial charge in [-0.3, -0.25) is 5.41 Å². The smallest absolute Gasteiger partial charge is 0.349 e. The van der Waals surface area contributed by atoms with Gasteiger partial charge in [-0.1, -0.05) is 89.0 Å². The van der Waals surface area contributed by atoms with Crippen molar-refractivity contribution in [2.75, 3.05) is 6.61 Å². The van der Waals surface area contributed by atoms with E-state index < -0.39 is 11.6 Å². The first-order valence-electron chi connectivity index (χ1n) is 12.6. The molecule has 0 fully saturated rings. The molecule has 0 aliphatic carbocycles. The molecule has 3 rings (SSSR count). The molecular weight excluding hydrogens is 442 g/mol. The van der Waals surface area contributed by atoms with Gasteiger partial charge >= 0.3 is 11.6 Å². The summed E-state index contributed by atoms with van der Waals surface area (Å²) in [5.74, 6) is -0.700. The molecule has 0 aliphatic heterocycles. The van der Waals surface area contributed by atoms with E-state index in [1.54, 1.807) is 48.5 Å². The number of hydrogen-bond acceptors (Lipinski definition) is 6. The summed E-state index contributed by atoms with van der Waals surface area (Å²) in [7, 11) is 0. The number of rotatable bonds is 14. The van der Waals surface area contributed by atoms with Crippen molar-refractivity contribution in [1.82, 2.24) is 0 Å². The summed E-state index contributed by atoms with van der Waals surface area (Å²) in [5, 5.41) is 19.3. The van der Waals surface area contributed by atoms with Crippen molar-refractivity contribution < 1.29 is 19.1 Å². The van der Waals surface area contributed by atoms with Crippen molar-refractivity contribution in [2.24, 2.45) is 0 Å². The normalized spacial score (nSPS) is 11.0. The van der Waals surface area contributed by atoms with Gasteiger partial charge in [0.05, 0.1) is 23.3 Å². The Labute approximate surface area is 206 Å². The molecule has 0 saturated carbocycles. The van der Waals surface area contributed by atoms with Crippen LogP contribution in [0.3, 0.4) is 0 Å². The van der Waals surface area contributed by atoms with Crippen LogP contribution in [0.15, 0.2) is 57.7 Å². The molecule has 0 saturated heterocycles. The van der Waals surface area contributed by atoms with E-state index in [9.17, 15) is 14.7 Å². The molecule has 0 spiro atoms. The van der Waals surface area contributed by atoms with Crippen LogP contribution in [-0.2, 0) is 4.74 Å². The van der Waals surface area contributed by atoms with Gasteiger partial charge in [-0.25, -0.2) is 9.59 Å². The van der Waals surface area contributed by atoms with Crippen LogP contribution in [0.25, 0.3) is 11.0 Å². The Balaban J connectivity index is 1.46. The third-order valence-electron chi connectivity index (χ3n) is 6.18. The largest absolute Gasteiger partial charge is 0.506 e. The summed E-state index contributed by atoms with van der Waals surface area (Å²) < 4.78 is 10.6. The Bertz CT molecular complexity index is 1180. The van der Waals surface area contributed by atoms with Crippen LogP contribution < -0.4 is 5.63 Å². The van der Waals surface area contributed by atoms with E-state index in [0.29, 0.717) is 23.1 Å². The third-order valence-corrected chi connectivity index (χ3v) is 6.18. The summed E-state index contributed by atoms with van der Waals surface area (Å²) in [4.78, 5) is 24.7. The lowest BCUT2D eigenvalue weighted by Crippen LogP contribution is -2.15. The van der Waals surface area contributed by atoms with E-state index >= 15 is 0 Å². The van der Waals surface area contributed by atoms with Gasteiger partial charge in [0.2, 0.25) is 0 Å². The van der Waals surface area contributed by atoms with Crippen molar-refractivity contribution in [1.29, 1.82) is 5.41 Å². The molecule has 0 bridgehead atoms. The molecule has 6 heteroatoms. The molecule has 1 heterocycles. The van der Waals surface area contributed by atoms with E-state index in [0.717, 1.165) is 19.3 Å². The van der Waals surface area contributed by atoms with Gasteiger partial charge in [-0.2, -0.15) is 0 Å². The summed E-state index contributed by atoms with van der Waals surface area (Å²) in [5.41, 5.74) is -0.150. The maximum Gasteiger partial charge on any atom is 0.349 e. The molecule has 0 unspecified atom stereocenters. The molecule has 0 amide bonds. The van der Waals surface area contributed by atoms with E-state index in [2.05, 4.69) is 6.92 Å². The van der Waals surface area contributed by atoms with Crippen molar-refractivity contribution in [3.05, 3.63) is 75.6 Å². The number of ether oxygens (including phenoxy) is 1. The lowest BCUT2D eigenvalue weighted by atomic mass is 10.0. The number of nitrogens with one attached hydrogen (secondary N) is 1. The van der Waals surface area contributed by atoms with Crippen LogP contribution in [0.4, 0.5) is 0 Å². The first-order chi connectivity index (χ1) is 17.0. The highest BCUT2D eigenvalue weighted by molar-refractivity contribution is 6.14. The Hall–Kier alpha value is -3.41. The second-order valence-corrected chi connectivity index (χ2v) is 8.88. The van der Waals surface area contributed by atoms with Gasteiger partial charge in [0.1, 0.15) is 16.9 Å². The lowest BCUT2D eigenvalue weighted by molar-refractivity contribution is 0.0497. The van der Waals surface area contributed by atoms with Crippen LogP contribution in [0.5, 0.6) is 5.75 Å². The number of aromatic hydroxyl groups is 1. The van der Waals surface area contributed by atoms with Crippen LogP contribution in [0, 0.1) is 5.41 Å². The fraction of sp³-hybridized carbons (Fsp3) is 0.414. The molecule has 1 aromatic heterocycles. The maximum absolute atomic E-state index is 12.4. The average molecular weight is 478 g/mol. The fourth-order valence-electron chi connectivity index (χ4n) is 4.11. The van der Waals surface area contributed by atoms with Gasteiger partial charge in [-0.15, -0.1) is 0 Å². The Kier molecular flexibility index (Phi) is 10.1. The first kappa shape index (κ1) is 26.2. The number of benzene rings is 2. The number of carbonyl (C=O) groups is 1. The fourth-order valence-corrected chi connectivity index (χ4v) is 4.11. The number of para-hydroxylation sites is 1. The molecule has 3 aromatic rings. The topological polar surface area (TPSA) is 101 Å². The zero-order chi connectivity index (χ0) is 25.0. The summed E-state index contributed by atoms with van der Waals surface area (Å²) in [6.07, 6.45) is 12.2. The molecule has 0 radical (unpaired) electrons. The SMILES string of the molecule is CCCCCCCCCCCCOC(=O)c1ccc(C(=N)c2c(O)c3ccccc3oc2=O)cc1. The van der Waals surface area contributed by atoms with Crippen LogP contribution in [-0.4, -0.2) is 23.4 Å². The summed E-state index contributed by atoms with van der Waals surface area (Å²) >= 11 is 0. The highest BCUT2D eigenvalue weighted by Gasteiger charge is 2.19. The Morgan fingerprint density at radius 3 is 2.09 bits per heavy atom. The van der Waals surface area contributed by atoms with Gasteiger partial charge in [-0.05, 0) is 30.7 Å². The van der Waals surface area contributed by atoms with Crippen molar-refractivity contribution in [3.8, 4) is 5.75 Å². The van der Waals surface area contributed by atoms with E-state index in [4.69, 9.17) is 14.6 Å². The highest BCUT2D eigenvalue weighted by Crippen LogP contribution is 2.27. The van der Waals surface area contributed by atoms with E-state index in [-0.39, 0.29) is 22.6 Å². The second-order valence-electron chi connectivity index (χ2n) is 8.88. The van der Waals surface area contributed by atoms with Gasteiger partial charge in [0, 0.05) is 5.56 Å². The molecule has 186 valence electrons. The van der Waals surface area contributed by atoms with E-state index in [1.165, 1.54) is 44.9 Å². The Morgan fingerprint density at radius 1 is 0.857 bits per heavy atom. The average Bonchev–Trinajstić information content (AvgIpc) is 2.87. The monoisotopic (exact) mass is 477 g/mol. The predicted molar refractivity (Wildman–Crippen MR) is 139 cm³/mol. The summed E-state index contributed by atoms with van der Waals surface area (Å²) in [6.45, 7) is 2.62. The molecule has 2 aromatic carbocycles. The van der Waals surface area contributed by atoms with Gasteiger partial charge < -0.3 is 14.3 Å². The Morgan fingerprint density at radius 2 is 1.43 bits per heavy atom. The number of carbonyl (C=O) groups excluding carboxylic acids is 1. The van der Waals surface area contributed by atoms with Crippen molar-refractivity contribution in [2.45, 2.75) is 71.1 Å². The number of unbranched alkanes of at least 4 members (excludes halogenated alkanes) is 9. The zero-order valence-corrected chi connectivity index (χ0v) is 20.5. The molecule has 0 atom stereocenters. The third kappa shape index (κ3) is 7.28. The van der Waals surface area contributed by atoms with Crippen molar-refractivity contribution in [3.63, 3.8) is 0 Å². The van der Waals surface area contributed by atoms with Gasteiger partial charge in [0.25, 0.3) is 0 Å². The number of hydrogen-bond donors (Lipinski definition) is 2. The first-order valence-corrected chi connectivity index (χ1v) is 12.6. The lowest BCUT2D eigenvalue weighted by Gasteiger charge is -2.09. The minimum atomic E-state index is -0.786. The standard InChI is InChI=1S/C29H35NO5/c1-2-3-4-5-6-7-8-9-10-13-20-34-28(32)22-18-16-21(17-19-22)26(30)25-27(31)23-14-11-12-15-24(23)35-29(25)33/h11-12,14-19,30-31H,2-10,13,20H2,1H3. The van der Waals surface area contributed by atoms with Crippen LogP contribution in [0.2, 0.25) is 0 Å². The zero-order valence-electron chi connectivity index (χ0n) is 20.5. The minimum Gasteiger partial charge on any atom is -0.506 e. The maximum atomic E-state index is 12.4. The molecule has 2 N–H and O–H groups in total. The molecular formula is C29H35NO5. The molecule has 6 nitrogen and oxygen atoms in total. The number of fused-ring (bicyclic) bond motifs is 1. The van der Waals surface area contributed by atoms with Crippen molar-refractivity contribution >= 4 is 22.7 Å².